The van der Waals surface area contributed by atoms with Gasteiger partial charge in [0.2, 0.25) is 5.91 Å². The Morgan fingerprint density at radius 3 is 2.38 bits per heavy atom. The average Bonchev–Trinajstić information content (AvgIpc) is 2.63. The molecule has 7 nitrogen and oxygen atoms in total. The second-order valence-electron chi connectivity index (χ2n) is 7.93. The van der Waals surface area contributed by atoms with Gasteiger partial charge in [-0.3, -0.25) is 19.5 Å². The third-order valence-electron chi connectivity index (χ3n) is 4.28. The van der Waals surface area contributed by atoms with Gasteiger partial charge in [-0.25, -0.2) is 9.78 Å². The van der Waals surface area contributed by atoms with Gasteiger partial charge in [0.05, 0.1) is 16.2 Å². The maximum Gasteiger partial charge on any atom is 0.321 e. The molecule has 0 aliphatic carbocycles. The molecule has 0 aliphatic rings. The summed E-state index contributed by atoms with van der Waals surface area (Å²) in [6.07, 6.45) is 0. The Labute approximate surface area is 172 Å². The van der Waals surface area contributed by atoms with E-state index < -0.39 is 22.7 Å². The van der Waals surface area contributed by atoms with E-state index in [0.717, 1.165) is 22.5 Å². The van der Waals surface area contributed by atoms with Crippen LogP contribution < -0.4 is 16.2 Å². The molecule has 3 aromatic rings. The first-order chi connectivity index (χ1) is 13.5. The zero-order chi connectivity index (χ0) is 21.3. The Balaban J connectivity index is 1.86. The summed E-state index contributed by atoms with van der Waals surface area (Å²) in [5.74, 6) is -0.454. The lowest BCUT2D eigenvalue weighted by Crippen LogP contribution is -2.49. The fourth-order valence-corrected chi connectivity index (χ4v) is 3.71. The van der Waals surface area contributed by atoms with Crippen molar-refractivity contribution in [2.24, 2.45) is 7.05 Å². The number of benzene rings is 2. The van der Waals surface area contributed by atoms with Crippen LogP contribution in [0.4, 0.5) is 4.79 Å². The first kappa shape index (κ1) is 20.9. The van der Waals surface area contributed by atoms with Crippen LogP contribution in [0, 0.1) is 0 Å². The first-order valence-corrected chi connectivity index (χ1v) is 10.1. The molecule has 0 saturated carbocycles. The third-order valence-corrected chi connectivity index (χ3v) is 5.42. The van der Waals surface area contributed by atoms with Gasteiger partial charge in [-0.2, -0.15) is 0 Å². The Bertz CT molecular complexity index is 1160. The second kappa shape index (κ2) is 7.87. The molecular weight excluding hydrogens is 388 g/mol. The van der Waals surface area contributed by atoms with Crippen molar-refractivity contribution in [1.29, 1.82) is 0 Å². The molecule has 0 aliphatic heterocycles. The minimum atomic E-state index is -0.614. The molecular formula is C21H24N4O3S. The summed E-state index contributed by atoms with van der Waals surface area (Å²) < 4.78 is 1.43. The van der Waals surface area contributed by atoms with Gasteiger partial charge in [0, 0.05) is 12.6 Å². The summed E-state index contributed by atoms with van der Waals surface area (Å²) in [6.45, 7) is 7.15. The molecule has 0 fully saturated rings. The number of imide groups is 1. The van der Waals surface area contributed by atoms with E-state index in [1.54, 1.807) is 14.0 Å². The van der Waals surface area contributed by atoms with Crippen LogP contribution in [0.25, 0.3) is 21.7 Å². The number of amides is 3. The van der Waals surface area contributed by atoms with Crippen LogP contribution in [0.5, 0.6) is 0 Å². The Morgan fingerprint density at radius 1 is 1.14 bits per heavy atom. The van der Waals surface area contributed by atoms with Gasteiger partial charge in [0.1, 0.15) is 0 Å². The zero-order valence-electron chi connectivity index (χ0n) is 17.1. The number of aromatic nitrogens is 2. The number of carbonyl (C=O) groups excluding carboxylic acids is 2. The van der Waals surface area contributed by atoms with Gasteiger partial charge in [0.25, 0.3) is 5.56 Å². The minimum Gasteiger partial charge on any atom is -0.333 e. The van der Waals surface area contributed by atoms with Crippen LogP contribution in [0.3, 0.4) is 0 Å². The third kappa shape index (κ3) is 4.76. The largest absolute Gasteiger partial charge is 0.333 e. The average molecular weight is 413 g/mol. The van der Waals surface area contributed by atoms with E-state index in [-0.39, 0.29) is 5.56 Å². The van der Waals surface area contributed by atoms with Crippen molar-refractivity contribution in [3.05, 3.63) is 46.8 Å². The number of urea groups is 1. The molecule has 1 atom stereocenters. The fraction of sp³-hybridized carbons (Fsp3) is 0.333. The molecule has 152 valence electrons. The monoisotopic (exact) mass is 412 g/mol. The molecule has 0 radical (unpaired) electrons. The predicted molar refractivity (Wildman–Crippen MR) is 116 cm³/mol. The molecule has 0 unspecified atom stereocenters. The molecule has 8 heteroatoms. The van der Waals surface area contributed by atoms with Gasteiger partial charge in [-0.1, -0.05) is 36.0 Å². The van der Waals surface area contributed by atoms with E-state index >= 15 is 0 Å². The highest BCUT2D eigenvalue weighted by molar-refractivity contribution is 8.00. The predicted octanol–water partition coefficient (Wildman–Crippen LogP) is 3.19. The highest BCUT2D eigenvalue weighted by Crippen LogP contribution is 2.24. The van der Waals surface area contributed by atoms with Crippen LogP contribution in [-0.4, -0.2) is 32.3 Å². The molecule has 2 aromatic carbocycles. The van der Waals surface area contributed by atoms with Crippen molar-refractivity contribution in [2.45, 2.75) is 43.6 Å². The quantitative estimate of drug-likeness (QED) is 0.391. The molecule has 1 heterocycles. The Kier molecular flexibility index (Phi) is 5.66. The van der Waals surface area contributed by atoms with E-state index in [1.165, 1.54) is 4.57 Å². The number of rotatable bonds is 3. The highest BCUT2D eigenvalue weighted by atomic mass is 32.2. The van der Waals surface area contributed by atoms with Crippen molar-refractivity contribution < 1.29 is 9.59 Å². The van der Waals surface area contributed by atoms with Crippen LogP contribution in [0.1, 0.15) is 27.7 Å². The van der Waals surface area contributed by atoms with Crippen molar-refractivity contribution in [3.63, 3.8) is 0 Å². The number of hydrogen-bond acceptors (Lipinski definition) is 5. The lowest BCUT2D eigenvalue weighted by Gasteiger charge is -2.21. The normalized spacial score (nSPS) is 12.7. The summed E-state index contributed by atoms with van der Waals surface area (Å²) in [7, 11) is 1.63. The highest BCUT2D eigenvalue weighted by Gasteiger charge is 2.22. The maximum atomic E-state index is 12.8. The van der Waals surface area contributed by atoms with E-state index in [0.29, 0.717) is 16.1 Å². The number of hydrogen-bond donors (Lipinski definition) is 2. The number of fused-ring (bicyclic) bond motifs is 2. The molecule has 0 saturated heterocycles. The maximum absolute atomic E-state index is 12.8. The summed E-state index contributed by atoms with van der Waals surface area (Å²) in [4.78, 5) is 41.7. The minimum absolute atomic E-state index is 0.179. The SMILES string of the molecule is C[C@H](Sc1nc2cc3ccccc3cc2c(=O)n1C)C(=O)NC(=O)NC(C)(C)C. The lowest BCUT2D eigenvalue weighted by molar-refractivity contribution is -0.119. The van der Waals surface area contributed by atoms with Crippen molar-refractivity contribution in [1.82, 2.24) is 20.2 Å². The number of carbonyl (C=O) groups is 2. The van der Waals surface area contributed by atoms with E-state index in [9.17, 15) is 14.4 Å². The Morgan fingerprint density at radius 2 is 1.76 bits per heavy atom. The van der Waals surface area contributed by atoms with Crippen molar-refractivity contribution in [3.8, 4) is 0 Å². The summed E-state index contributed by atoms with van der Waals surface area (Å²) >= 11 is 1.13. The molecule has 0 bridgehead atoms. The van der Waals surface area contributed by atoms with Gasteiger partial charge in [-0.15, -0.1) is 0 Å². The molecule has 1 aromatic heterocycles. The van der Waals surface area contributed by atoms with Crippen LogP contribution in [-0.2, 0) is 11.8 Å². The lowest BCUT2D eigenvalue weighted by atomic mass is 10.1. The summed E-state index contributed by atoms with van der Waals surface area (Å²) in [6, 6.07) is 10.9. The van der Waals surface area contributed by atoms with Gasteiger partial charge in [-0.05, 0) is 50.6 Å². The van der Waals surface area contributed by atoms with Crippen molar-refractivity contribution >= 4 is 45.4 Å². The molecule has 3 rings (SSSR count). The standard InChI is InChI=1S/C21H24N4O3S/c1-12(17(26)23-19(28)24-21(2,3)4)29-20-22-16-11-14-9-7-6-8-13(14)10-15(16)18(27)25(20)5/h6-12H,1-5H3,(H2,23,24,26,28)/t12-/m0/s1. The molecule has 0 spiro atoms. The van der Waals surface area contributed by atoms with Crippen LogP contribution in [0.2, 0.25) is 0 Å². The molecule has 29 heavy (non-hydrogen) atoms. The van der Waals surface area contributed by atoms with E-state index in [1.807, 2.05) is 57.2 Å². The van der Waals surface area contributed by atoms with E-state index in [4.69, 9.17) is 0 Å². The van der Waals surface area contributed by atoms with E-state index in [2.05, 4.69) is 15.6 Å². The van der Waals surface area contributed by atoms with Crippen molar-refractivity contribution in [2.75, 3.05) is 0 Å². The summed E-state index contributed by atoms with van der Waals surface area (Å²) in [5, 5.41) is 7.29. The smallest absolute Gasteiger partial charge is 0.321 e. The topological polar surface area (TPSA) is 93.1 Å². The van der Waals surface area contributed by atoms with Gasteiger partial charge < -0.3 is 5.32 Å². The van der Waals surface area contributed by atoms with Gasteiger partial charge in [0.15, 0.2) is 5.16 Å². The molecule has 2 N–H and O–H groups in total. The first-order valence-electron chi connectivity index (χ1n) is 9.24. The van der Waals surface area contributed by atoms with Gasteiger partial charge >= 0.3 is 6.03 Å². The summed E-state index contributed by atoms with van der Waals surface area (Å²) in [5.41, 5.74) is -0.0541. The zero-order valence-corrected chi connectivity index (χ0v) is 17.9. The number of nitrogens with one attached hydrogen (secondary N) is 2. The van der Waals surface area contributed by atoms with Crippen LogP contribution in [0.15, 0.2) is 46.3 Å². The van der Waals surface area contributed by atoms with Crippen LogP contribution >= 0.6 is 11.8 Å². The molecule has 3 amide bonds. The number of thioether (sulfide) groups is 1. The fourth-order valence-electron chi connectivity index (χ4n) is 2.84. The number of nitrogens with zero attached hydrogens (tertiary/aromatic N) is 2. The second-order valence-corrected chi connectivity index (χ2v) is 9.24. The Hall–Kier alpha value is -2.87.